The highest BCUT2D eigenvalue weighted by Crippen LogP contribution is 2.44. The molecule has 0 radical (unpaired) electrons. The lowest BCUT2D eigenvalue weighted by Crippen LogP contribution is -2.35. The number of halogens is 2. The maximum Gasteiger partial charge on any atom is 0.371 e. The maximum atomic E-state index is 15.0. The van der Waals surface area contributed by atoms with E-state index in [2.05, 4.69) is 30.6 Å². The van der Waals surface area contributed by atoms with Gasteiger partial charge in [-0.3, -0.25) is 15.2 Å². The number of alkyl halides is 2. The van der Waals surface area contributed by atoms with Crippen LogP contribution in [-0.2, 0) is 12.6 Å². The number of nitrogens with zero attached hydrogens (tertiary/aromatic N) is 5. The normalized spacial score (nSPS) is 14.9. The third kappa shape index (κ3) is 2.88. The number of aromatic nitrogens is 4. The molecule has 8 nitrogen and oxygen atoms in total. The molecule has 0 saturated carbocycles. The minimum atomic E-state index is -3.35. The highest BCUT2D eigenvalue weighted by Gasteiger charge is 2.49. The van der Waals surface area contributed by atoms with Crippen molar-refractivity contribution in [1.82, 2.24) is 25.3 Å². The summed E-state index contributed by atoms with van der Waals surface area (Å²) in [5, 5.41) is 5.34. The Labute approximate surface area is 152 Å². The van der Waals surface area contributed by atoms with Gasteiger partial charge in [0.05, 0.1) is 11.9 Å². The van der Waals surface area contributed by atoms with Crippen LogP contribution in [0, 0.1) is 0 Å². The average Bonchev–Trinajstić information content (AvgIpc) is 2.92. The fourth-order valence-electron chi connectivity index (χ4n) is 2.96. The van der Waals surface area contributed by atoms with Crippen LogP contribution in [0.1, 0.15) is 18.2 Å². The van der Waals surface area contributed by atoms with Crippen molar-refractivity contribution in [2.75, 3.05) is 16.8 Å². The molecule has 4 heterocycles. The summed E-state index contributed by atoms with van der Waals surface area (Å²) in [6, 6.07) is 2.56. The molecule has 0 unspecified atom stereocenters. The van der Waals surface area contributed by atoms with Gasteiger partial charge in [0, 0.05) is 24.5 Å². The zero-order chi connectivity index (χ0) is 19.0. The van der Waals surface area contributed by atoms with E-state index in [1.807, 2.05) is 0 Å². The van der Waals surface area contributed by atoms with Crippen molar-refractivity contribution in [1.29, 1.82) is 0 Å². The van der Waals surface area contributed by atoms with Crippen molar-refractivity contribution in [2.24, 2.45) is 0 Å². The first-order valence-electron chi connectivity index (χ1n) is 8.28. The molecule has 138 valence electrons. The van der Waals surface area contributed by atoms with Crippen molar-refractivity contribution in [3.63, 3.8) is 0 Å². The number of hydrogen-bond donors (Lipinski definition) is 2. The summed E-state index contributed by atoms with van der Waals surface area (Å²) in [4.78, 5) is 28.9. The maximum absolute atomic E-state index is 15.0. The number of hydrogen-bond acceptors (Lipinski definition) is 6. The number of urea groups is 1. The lowest BCUT2D eigenvalue weighted by atomic mass is 10.2. The molecular formula is C17H15F2N7O. The molecule has 0 atom stereocenters. The molecule has 0 bridgehead atoms. The van der Waals surface area contributed by atoms with E-state index in [4.69, 9.17) is 0 Å². The highest BCUT2D eigenvalue weighted by molar-refractivity contribution is 5.92. The minimum Gasteiger partial charge on any atom is -0.338 e. The van der Waals surface area contributed by atoms with Crippen LogP contribution in [0.5, 0.6) is 0 Å². The average molecular weight is 371 g/mol. The summed E-state index contributed by atoms with van der Waals surface area (Å²) in [5.74, 6) is -0.134. The van der Waals surface area contributed by atoms with Crippen LogP contribution in [0.25, 0.3) is 11.0 Å². The Morgan fingerprint density at radius 3 is 2.78 bits per heavy atom. The number of anilines is 2. The summed E-state index contributed by atoms with van der Waals surface area (Å²) >= 11 is 0. The molecule has 2 N–H and O–H groups in total. The Hall–Kier alpha value is -3.43. The zero-order valence-electron chi connectivity index (χ0n) is 14.3. The van der Waals surface area contributed by atoms with Crippen LogP contribution in [0.15, 0.2) is 36.7 Å². The molecular weight excluding hydrogens is 356 g/mol. The lowest BCUT2D eigenvalue weighted by molar-refractivity contribution is -0.00335. The second kappa shape index (κ2) is 6.38. The predicted octanol–water partition coefficient (Wildman–Crippen LogP) is 2.63. The van der Waals surface area contributed by atoms with Crippen LogP contribution in [0.3, 0.4) is 0 Å². The summed E-state index contributed by atoms with van der Waals surface area (Å²) in [5.41, 5.74) is 0.310. The van der Waals surface area contributed by atoms with Gasteiger partial charge in [0.1, 0.15) is 11.5 Å². The fraction of sp³-hybridized carbons (Fsp3) is 0.235. The van der Waals surface area contributed by atoms with Crippen LogP contribution in [-0.4, -0.2) is 32.5 Å². The second-order valence-electron chi connectivity index (χ2n) is 5.87. The first kappa shape index (κ1) is 17.0. The van der Waals surface area contributed by atoms with Crippen molar-refractivity contribution >= 4 is 28.8 Å². The van der Waals surface area contributed by atoms with Gasteiger partial charge in [0.2, 0.25) is 5.95 Å². The molecule has 2 amide bonds. The third-order valence-electron chi connectivity index (χ3n) is 4.11. The smallest absolute Gasteiger partial charge is 0.338 e. The van der Waals surface area contributed by atoms with Crippen molar-refractivity contribution < 1.29 is 13.6 Å². The summed E-state index contributed by atoms with van der Waals surface area (Å²) in [7, 11) is 0. The highest BCUT2D eigenvalue weighted by atomic mass is 19.3. The monoisotopic (exact) mass is 371 g/mol. The Kier molecular flexibility index (Phi) is 4.02. The number of carbonyl (C=O) groups is 1. The molecule has 0 aromatic carbocycles. The van der Waals surface area contributed by atoms with Gasteiger partial charge < -0.3 is 5.32 Å². The Morgan fingerprint density at radius 1 is 1.22 bits per heavy atom. The first-order valence-corrected chi connectivity index (χ1v) is 8.28. The zero-order valence-corrected chi connectivity index (χ0v) is 14.3. The van der Waals surface area contributed by atoms with Gasteiger partial charge in [0.15, 0.2) is 5.65 Å². The number of rotatable bonds is 3. The van der Waals surface area contributed by atoms with Gasteiger partial charge >= 0.3 is 12.1 Å². The number of nitrogens with one attached hydrogen (secondary N) is 2. The van der Waals surface area contributed by atoms with E-state index in [0.717, 1.165) is 4.90 Å². The van der Waals surface area contributed by atoms with Crippen LogP contribution in [0.2, 0.25) is 0 Å². The van der Waals surface area contributed by atoms with Crippen molar-refractivity contribution in [3.8, 4) is 0 Å². The van der Waals surface area contributed by atoms with E-state index in [9.17, 15) is 4.79 Å². The lowest BCUT2D eigenvalue weighted by Gasteiger charge is -2.26. The van der Waals surface area contributed by atoms with Gasteiger partial charge in [0.25, 0.3) is 0 Å². The second-order valence-corrected chi connectivity index (χ2v) is 5.87. The molecule has 1 aliphatic rings. The summed E-state index contributed by atoms with van der Waals surface area (Å²) < 4.78 is 30.0. The van der Waals surface area contributed by atoms with Crippen LogP contribution < -0.4 is 15.5 Å². The molecule has 0 saturated heterocycles. The molecule has 0 spiro atoms. The van der Waals surface area contributed by atoms with E-state index < -0.39 is 12.1 Å². The molecule has 27 heavy (non-hydrogen) atoms. The van der Waals surface area contributed by atoms with E-state index in [0.29, 0.717) is 17.5 Å². The minimum absolute atomic E-state index is 0.0251. The van der Waals surface area contributed by atoms with Gasteiger partial charge in [-0.05, 0) is 25.1 Å². The SMILES string of the molecule is CCNC(=O)Nc1nc(N2Cc3cccnc3C2(F)F)c2cccnc2n1. The van der Waals surface area contributed by atoms with Gasteiger partial charge in [-0.25, -0.2) is 9.78 Å². The fourth-order valence-corrected chi connectivity index (χ4v) is 2.96. The number of fused-ring (bicyclic) bond motifs is 2. The molecule has 3 aromatic heterocycles. The number of amides is 2. The van der Waals surface area contributed by atoms with Gasteiger partial charge in [-0.15, -0.1) is 0 Å². The standard InChI is InChI=1S/C17H15F2N7O/c1-2-20-16(27)25-15-23-13-11(6-4-8-22-13)14(24-15)26-9-10-5-3-7-21-12(10)17(26,18)19/h3-8H,2,9H2,1H3,(H2,20,22,23,24,25,27). The summed E-state index contributed by atoms with van der Waals surface area (Å²) in [6.45, 7) is 2.08. The molecule has 4 rings (SSSR count). The molecule has 10 heteroatoms. The van der Waals surface area contributed by atoms with Crippen molar-refractivity contribution in [2.45, 2.75) is 19.5 Å². The molecule has 3 aromatic rings. The molecule has 0 fully saturated rings. The topological polar surface area (TPSA) is 95.9 Å². The van der Waals surface area contributed by atoms with Crippen molar-refractivity contribution in [3.05, 3.63) is 47.9 Å². The predicted molar refractivity (Wildman–Crippen MR) is 94.3 cm³/mol. The quantitative estimate of drug-likeness (QED) is 0.687. The number of carbonyl (C=O) groups excluding carboxylic acids is 1. The van der Waals surface area contributed by atoms with E-state index >= 15 is 8.78 Å². The van der Waals surface area contributed by atoms with Crippen LogP contribution >= 0.6 is 0 Å². The van der Waals surface area contributed by atoms with E-state index in [-0.39, 0.29) is 29.7 Å². The Morgan fingerprint density at radius 2 is 2.00 bits per heavy atom. The Bertz CT molecular complexity index is 1030. The van der Waals surface area contributed by atoms with E-state index in [1.165, 1.54) is 12.4 Å². The van der Waals surface area contributed by atoms with Gasteiger partial charge in [-0.1, -0.05) is 6.07 Å². The third-order valence-corrected chi connectivity index (χ3v) is 4.11. The summed E-state index contributed by atoms with van der Waals surface area (Å²) in [6.07, 6.45) is 2.82. The molecule has 1 aliphatic heterocycles. The Balaban J connectivity index is 1.83. The first-order chi connectivity index (χ1) is 13.0. The largest absolute Gasteiger partial charge is 0.371 e. The van der Waals surface area contributed by atoms with E-state index in [1.54, 1.807) is 31.2 Å². The molecule has 0 aliphatic carbocycles. The number of pyridine rings is 2. The van der Waals surface area contributed by atoms with Gasteiger partial charge in [-0.2, -0.15) is 18.7 Å². The van der Waals surface area contributed by atoms with Crippen LogP contribution in [0.4, 0.5) is 25.3 Å².